The number of aryl methyl sites for hydroxylation is 1. The number of H-pyrrole nitrogens is 1. The van der Waals surface area contributed by atoms with Crippen LogP contribution in [-0.2, 0) is 23.2 Å². The monoisotopic (exact) mass is 418 g/mol. The first-order valence-corrected chi connectivity index (χ1v) is 11.5. The lowest BCUT2D eigenvalue weighted by molar-refractivity contribution is -0.116. The molecule has 4 aliphatic rings. The van der Waals surface area contributed by atoms with E-state index in [2.05, 4.69) is 32.6 Å². The van der Waals surface area contributed by atoms with E-state index in [1.165, 1.54) is 38.5 Å². The second-order valence-electron chi connectivity index (χ2n) is 8.94. The fraction of sp³-hybridized carbons (Fsp3) is 0.737. The quantitative estimate of drug-likeness (QED) is 0.696. The van der Waals surface area contributed by atoms with E-state index in [1.54, 1.807) is 15.9 Å². The van der Waals surface area contributed by atoms with E-state index >= 15 is 0 Å². The van der Waals surface area contributed by atoms with Crippen LogP contribution in [-0.4, -0.2) is 30.9 Å². The molecular weight excluding hydrogens is 392 g/mol. The summed E-state index contributed by atoms with van der Waals surface area (Å²) >= 11 is 6.83. The van der Waals surface area contributed by atoms with Gasteiger partial charge in [0.1, 0.15) is 17.4 Å². The van der Waals surface area contributed by atoms with Gasteiger partial charge in [-0.15, -0.1) is 10.2 Å². The molecule has 0 atom stereocenters. The number of hydrogen-bond acceptors (Lipinski definition) is 6. The number of aromatic nitrogens is 5. The fourth-order valence-electron chi connectivity index (χ4n) is 6.09. The van der Waals surface area contributed by atoms with Crippen molar-refractivity contribution in [1.29, 1.82) is 0 Å². The van der Waals surface area contributed by atoms with E-state index in [1.807, 2.05) is 0 Å². The van der Waals surface area contributed by atoms with Crippen molar-refractivity contribution in [2.24, 2.45) is 17.8 Å². The van der Waals surface area contributed by atoms with E-state index in [0.29, 0.717) is 9.90 Å². The van der Waals surface area contributed by atoms with Crippen LogP contribution in [0.4, 0.5) is 5.13 Å². The molecule has 0 aliphatic heterocycles. The average Bonchev–Trinajstić information content (AvgIpc) is 3.23. The summed E-state index contributed by atoms with van der Waals surface area (Å²) in [6, 6.07) is 0. The van der Waals surface area contributed by atoms with Gasteiger partial charge < -0.3 is 0 Å². The second-order valence-corrected chi connectivity index (χ2v) is 10.3. The molecule has 0 unspecified atom stereocenters. The molecule has 2 heterocycles. The standard InChI is InChI=1S/C19H26N6OS2/c1-2-3-14-21-24-18(27)25(14)10-15(26)20-17-23-22-16(28-17)19-7-11-4-12(8-19)6-13(5-11)9-19/h11-13H,2-10H2,1H3,(H,24,27)(H,20,23,26). The van der Waals surface area contributed by atoms with Gasteiger partial charge in [0.25, 0.3) is 0 Å². The number of rotatable bonds is 6. The molecular formula is C19H26N6OS2. The summed E-state index contributed by atoms with van der Waals surface area (Å²) < 4.78 is 2.24. The Labute approximate surface area is 173 Å². The van der Waals surface area contributed by atoms with E-state index in [9.17, 15) is 4.79 Å². The molecule has 9 heteroatoms. The number of amides is 1. The minimum atomic E-state index is -0.136. The molecule has 0 aromatic carbocycles. The SMILES string of the molecule is CCCc1n[nH]c(=S)n1CC(=O)Nc1nnc(C23CC4CC(CC(C4)C2)C3)s1. The van der Waals surface area contributed by atoms with Gasteiger partial charge in [0.05, 0.1) is 0 Å². The number of carbonyl (C=O) groups is 1. The Kier molecular flexibility index (Phi) is 4.62. The lowest BCUT2D eigenvalue weighted by Gasteiger charge is -2.55. The zero-order valence-corrected chi connectivity index (χ0v) is 17.7. The van der Waals surface area contributed by atoms with Gasteiger partial charge in [-0.25, -0.2) is 0 Å². The lowest BCUT2D eigenvalue weighted by atomic mass is 9.50. The number of carbonyl (C=O) groups excluding carboxylic acids is 1. The third kappa shape index (κ3) is 3.22. The summed E-state index contributed by atoms with van der Waals surface area (Å²) in [6.07, 6.45) is 9.74. The molecule has 1 amide bonds. The first-order valence-electron chi connectivity index (χ1n) is 10.3. The molecule has 0 saturated heterocycles. The Morgan fingerprint density at radius 2 is 1.93 bits per heavy atom. The van der Waals surface area contributed by atoms with Gasteiger partial charge in [-0.1, -0.05) is 18.3 Å². The Bertz CT molecular complexity index is 909. The van der Waals surface area contributed by atoms with Gasteiger partial charge >= 0.3 is 0 Å². The molecule has 28 heavy (non-hydrogen) atoms. The maximum Gasteiger partial charge on any atom is 0.246 e. The summed E-state index contributed by atoms with van der Waals surface area (Å²) in [5.41, 5.74) is 0.219. The van der Waals surface area contributed by atoms with Crippen LogP contribution in [0.5, 0.6) is 0 Å². The predicted octanol–water partition coefficient (Wildman–Crippen LogP) is 3.85. The number of nitrogens with one attached hydrogen (secondary N) is 2. The Morgan fingerprint density at radius 3 is 2.57 bits per heavy atom. The third-order valence-corrected chi connectivity index (χ3v) is 8.17. The molecule has 0 radical (unpaired) electrons. The molecule has 2 aromatic rings. The summed E-state index contributed by atoms with van der Waals surface area (Å²) in [6.45, 7) is 2.23. The van der Waals surface area contributed by atoms with Crippen LogP contribution in [0.3, 0.4) is 0 Å². The van der Waals surface area contributed by atoms with Crippen molar-refractivity contribution in [3.63, 3.8) is 0 Å². The average molecular weight is 419 g/mol. The maximum absolute atomic E-state index is 12.6. The predicted molar refractivity (Wildman–Crippen MR) is 110 cm³/mol. The first-order chi connectivity index (χ1) is 13.5. The van der Waals surface area contributed by atoms with Gasteiger partial charge in [0.15, 0.2) is 4.77 Å². The van der Waals surface area contributed by atoms with Crippen LogP contribution in [0.2, 0.25) is 0 Å². The minimum Gasteiger partial charge on any atom is -0.299 e. The molecule has 2 N–H and O–H groups in total. The van der Waals surface area contributed by atoms with Crippen LogP contribution >= 0.6 is 23.6 Å². The third-order valence-electron chi connectivity index (χ3n) is 6.78. The van der Waals surface area contributed by atoms with Crippen molar-refractivity contribution in [1.82, 2.24) is 25.0 Å². The van der Waals surface area contributed by atoms with Crippen LogP contribution in [0, 0.1) is 22.5 Å². The fourth-order valence-corrected chi connectivity index (χ4v) is 7.28. The van der Waals surface area contributed by atoms with Crippen molar-refractivity contribution in [2.45, 2.75) is 70.3 Å². The summed E-state index contributed by atoms with van der Waals surface area (Å²) in [5, 5.41) is 20.5. The number of aromatic amines is 1. The van der Waals surface area contributed by atoms with Gasteiger partial charge in [0, 0.05) is 11.8 Å². The summed E-state index contributed by atoms with van der Waals surface area (Å²) in [5.74, 6) is 3.28. The van der Waals surface area contributed by atoms with E-state index < -0.39 is 0 Å². The first kappa shape index (κ1) is 18.4. The highest BCUT2D eigenvalue weighted by Gasteiger charge is 2.53. The molecule has 4 bridgehead atoms. The highest BCUT2D eigenvalue weighted by Crippen LogP contribution is 2.61. The molecule has 4 fully saturated rings. The van der Waals surface area contributed by atoms with E-state index in [4.69, 9.17) is 12.2 Å². The Morgan fingerprint density at radius 1 is 1.25 bits per heavy atom. The van der Waals surface area contributed by atoms with Crippen LogP contribution < -0.4 is 5.32 Å². The maximum atomic E-state index is 12.6. The molecule has 0 spiro atoms. The molecule has 4 saturated carbocycles. The second kappa shape index (κ2) is 7.02. The molecule has 150 valence electrons. The van der Waals surface area contributed by atoms with Crippen LogP contribution in [0.1, 0.15) is 62.7 Å². The zero-order chi connectivity index (χ0) is 19.3. The number of anilines is 1. The highest BCUT2D eigenvalue weighted by atomic mass is 32.1. The van der Waals surface area contributed by atoms with Crippen molar-refractivity contribution in [3.05, 3.63) is 15.6 Å². The van der Waals surface area contributed by atoms with Crippen molar-refractivity contribution >= 4 is 34.6 Å². The smallest absolute Gasteiger partial charge is 0.246 e. The van der Waals surface area contributed by atoms with Gasteiger partial charge in [-0.05, 0) is 74.9 Å². The van der Waals surface area contributed by atoms with Crippen LogP contribution in [0.25, 0.3) is 0 Å². The van der Waals surface area contributed by atoms with E-state index in [0.717, 1.165) is 41.4 Å². The minimum absolute atomic E-state index is 0.136. The lowest BCUT2D eigenvalue weighted by Crippen LogP contribution is -2.48. The van der Waals surface area contributed by atoms with Crippen molar-refractivity contribution < 1.29 is 4.79 Å². The normalized spacial score (nSPS) is 30.7. The molecule has 7 nitrogen and oxygen atoms in total. The largest absolute Gasteiger partial charge is 0.299 e. The van der Waals surface area contributed by atoms with Crippen LogP contribution in [0.15, 0.2) is 0 Å². The zero-order valence-electron chi connectivity index (χ0n) is 16.1. The Balaban J connectivity index is 1.29. The molecule has 2 aromatic heterocycles. The molecule has 6 rings (SSSR count). The van der Waals surface area contributed by atoms with E-state index in [-0.39, 0.29) is 17.9 Å². The van der Waals surface area contributed by atoms with Crippen molar-refractivity contribution in [3.8, 4) is 0 Å². The van der Waals surface area contributed by atoms with Gasteiger partial charge in [-0.3, -0.25) is 19.8 Å². The highest BCUT2D eigenvalue weighted by molar-refractivity contribution is 7.71. The van der Waals surface area contributed by atoms with Gasteiger partial charge in [-0.2, -0.15) is 5.10 Å². The Hall–Kier alpha value is -1.61. The summed E-state index contributed by atoms with van der Waals surface area (Å²) in [4.78, 5) is 12.6. The number of nitrogens with zero attached hydrogens (tertiary/aromatic N) is 4. The van der Waals surface area contributed by atoms with Gasteiger partial charge in [0.2, 0.25) is 11.0 Å². The number of hydrogen-bond donors (Lipinski definition) is 2. The topological polar surface area (TPSA) is 88.5 Å². The van der Waals surface area contributed by atoms with Crippen molar-refractivity contribution in [2.75, 3.05) is 5.32 Å². The molecule has 4 aliphatic carbocycles. The summed E-state index contributed by atoms with van der Waals surface area (Å²) in [7, 11) is 0.